The maximum absolute atomic E-state index is 11.2. The predicted molar refractivity (Wildman–Crippen MR) is 73.5 cm³/mol. The summed E-state index contributed by atoms with van der Waals surface area (Å²) in [4.78, 5) is 29.9. The van der Waals surface area contributed by atoms with Crippen LogP contribution < -0.4 is 11.1 Å². The highest BCUT2D eigenvalue weighted by Crippen LogP contribution is 2.34. The van der Waals surface area contributed by atoms with Crippen molar-refractivity contribution in [1.29, 1.82) is 0 Å². The number of halogens is 3. The van der Waals surface area contributed by atoms with Crippen molar-refractivity contribution in [2.24, 2.45) is 7.05 Å². The number of hydrogen-bond acceptors (Lipinski definition) is 5. The van der Waals surface area contributed by atoms with Crippen LogP contribution in [0.4, 0.5) is 0 Å². The molecule has 2 aromatic heterocycles. The van der Waals surface area contributed by atoms with Crippen LogP contribution in [0.15, 0.2) is 25.8 Å². The van der Waals surface area contributed by atoms with Gasteiger partial charge in [0.25, 0.3) is 0 Å². The van der Waals surface area contributed by atoms with Crippen LogP contribution in [0.25, 0.3) is 0 Å². The standard InChI is InChI=1S/C9H5Cl3N4O2S/c1-16-9(14-6(17)7(18)15-16)19-8-4(11)2-3(10)5(12)13-8/h2H,1H3,(H,15,18). The molecule has 2 heterocycles. The van der Waals surface area contributed by atoms with E-state index in [0.717, 1.165) is 11.8 Å². The van der Waals surface area contributed by atoms with Gasteiger partial charge in [-0.3, -0.25) is 19.4 Å². The predicted octanol–water partition coefficient (Wildman–Crippen LogP) is 1.97. The van der Waals surface area contributed by atoms with Gasteiger partial charge < -0.3 is 0 Å². The number of pyridine rings is 1. The average molecular weight is 340 g/mol. The molecule has 0 aliphatic heterocycles. The van der Waals surface area contributed by atoms with Gasteiger partial charge in [-0.25, -0.2) is 4.98 Å². The van der Waals surface area contributed by atoms with Crippen molar-refractivity contribution in [1.82, 2.24) is 19.7 Å². The molecule has 1 N–H and O–H groups in total. The number of aromatic amines is 1. The summed E-state index contributed by atoms with van der Waals surface area (Å²) in [7, 11) is 1.53. The largest absolute Gasteiger partial charge is 0.339 e. The zero-order chi connectivity index (χ0) is 14.2. The molecule has 10 heteroatoms. The first-order valence-corrected chi connectivity index (χ1v) is 6.70. The molecule has 0 unspecified atom stereocenters. The highest BCUT2D eigenvalue weighted by atomic mass is 35.5. The van der Waals surface area contributed by atoms with E-state index in [-0.39, 0.29) is 20.4 Å². The number of aryl methyl sites for hydroxylation is 1. The number of nitrogens with one attached hydrogen (secondary N) is 1. The number of H-pyrrole nitrogens is 1. The van der Waals surface area contributed by atoms with Crippen LogP contribution >= 0.6 is 46.6 Å². The van der Waals surface area contributed by atoms with Crippen molar-refractivity contribution < 1.29 is 0 Å². The zero-order valence-corrected chi connectivity index (χ0v) is 12.4. The molecule has 0 amide bonds. The highest BCUT2D eigenvalue weighted by Gasteiger charge is 2.13. The van der Waals surface area contributed by atoms with Crippen LogP contribution in [-0.2, 0) is 7.05 Å². The normalized spacial score (nSPS) is 10.7. The second-order valence-electron chi connectivity index (χ2n) is 3.35. The van der Waals surface area contributed by atoms with Crippen LogP contribution in [0.3, 0.4) is 0 Å². The Balaban J connectivity index is 2.47. The molecule has 0 radical (unpaired) electrons. The fourth-order valence-corrected chi connectivity index (χ4v) is 2.58. The second-order valence-corrected chi connectivity index (χ2v) is 5.48. The lowest BCUT2D eigenvalue weighted by Crippen LogP contribution is -2.33. The topological polar surface area (TPSA) is 80.6 Å². The molecule has 0 atom stereocenters. The Kier molecular flexibility index (Phi) is 4.19. The SMILES string of the molecule is Cn1[nH]c(=O)c(=O)nc1Sc1nc(Cl)c(Cl)cc1Cl. The first-order chi connectivity index (χ1) is 8.88. The molecule has 0 fully saturated rings. The van der Waals surface area contributed by atoms with E-state index < -0.39 is 11.1 Å². The summed E-state index contributed by atoms with van der Waals surface area (Å²) in [6.45, 7) is 0. The Hall–Kier alpha value is -1.02. The molecule has 0 aliphatic rings. The molecule has 0 bridgehead atoms. The maximum Gasteiger partial charge on any atom is 0.339 e. The fourth-order valence-electron chi connectivity index (χ4n) is 1.14. The van der Waals surface area contributed by atoms with E-state index in [2.05, 4.69) is 15.1 Å². The van der Waals surface area contributed by atoms with E-state index in [0.29, 0.717) is 5.03 Å². The van der Waals surface area contributed by atoms with Crippen molar-refractivity contribution >= 4 is 46.6 Å². The van der Waals surface area contributed by atoms with Gasteiger partial charge in [0.15, 0.2) is 5.16 Å². The van der Waals surface area contributed by atoms with E-state index in [9.17, 15) is 9.59 Å². The second kappa shape index (κ2) is 5.54. The molecular formula is C9H5Cl3N4O2S. The monoisotopic (exact) mass is 338 g/mol. The lowest BCUT2D eigenvalue weighted by Gasteiger charge is -2.07. The van der Waals surface area contributed by atoms with Gasteiger partial charge in [0.2, 0.25) is 0 Å². The molecule has 2 aromatic rings. The van der Waals surface area contributed by atoms with Gasteiger partial charge in [0.05, 0.1) is 10.0 Å². The van der Waals surface area contributed by atoms with Gasteiger partial charge in [0.1, 0.15) is 10.2 Å². The van der Waals surface area contributed by atoms with Crippen molar-refractivity contribution in [3.8, 4) is 0 Å². The van der Waals surface area contributed by atoms with E-state index in [1.54, 1.807) is 0 Å². The summed E-state index contributed by atoms with van der Waals surface area (Å²) in [6, 6.07) is 1.44. The van der Waals surface area contributed by atoms with Gasteiger partial charge in [-0.05, 0) is 17.8 Å². The van der Waals surface area contributed by atoms with Crippen LogP contribution in [0.2, 0.25) is 15.2 Å². The summed E-state index contributed by atoms with van der Waals surface area (Å²) in [5.74, 6) is 0. The number of nitrogens with zero attached hydrogens (tertiary/aromatic N) is 3. The van der Waals surface area contributed by atoms with Gasteiger partial charge in [-0.2, -0.15) is 4.98 Å². The number of rotatable bonds is 2. The Labute approximate surface area is 125 Å². The first-order valence-electron chi connectivity index (χ1n) is 4.75. The molecule has 0 spiro atoms. The molecule has 19 heavy (non-hydrogen) atoms. The minimum Gasteiger partial charge on any atom is -0.265 e. The summed E-state index contributed by atoms with van der Waals surface area (Å²) in [5, 5.41) is 3.42. The number of hydrogen-bond donors (Lipinski definition) is 1. The Morgan fingerprint density at radius 2 is 1.89 bits per heavy atom. The maximum atomic E-state index is 11.2. The summed E-state index contributed by atoms with van der Waals surface area (Å²) < 4.78 is 1.29. The van der Waals surface area contributed by atoms with E-state index in [1.807, 2.05) is 0 Å². The molecular weight excluding hydrogens is 335 g/mol. The summed E-state index contributed by atoms with van der Waals surface area (Å²) in [5.41, 5.74) is -1.70. The lowest BCUT2D eigenvalue weighted by molar-refractivity contribution is 0.596. The minimum absolute atomic E-state index is 0.0861. The van der Waals surface area contributed by atoms with Crippen LogP contribution in [0.5, 0.6) is 0 Å². The van der Waals surface area contributed by atoms with Crippen LogP contribution in [-0.4, -0.2) is 19.7 Å². The third-order valence-electron chi connectivity index (χ3n) is 1.99. The van der Waals surface area contributed by atoms with Crippen molar-refractivity contribution in [3.63, 3.8) is 0 Å². The van der Waals surface area contributed by atoms with Crippen molar-refractivity contribution in [2.45, 2.75) is 10.2 Å². The third-order valence-corrected chi connectivity index (χ3v) is 4.12. The quantitative estimate of drug-likeness (QED) is 0.668. The molecule has 0 saturated heterocycles. The summed E-state index contributed by atoms with van der Waals surface area (Å²) >= 11 is 18.5. The van der Waals surface area contributed by atoms with Crippen LogP contribution in [0, 0.1) is 0 Å². The zero-order valence-electron chi connectivity index (χ0n) is 9.28. The van der Waals surface area contributed by atoms with Gasteiger partial charge in [0, 0.05) is 7.05 Å². The lowest BCUT2D eigenvalue weighted by atomic mass is 10.5. The first kappa shape index (κ1) is 14.4. The summed E-state index contributed by atoms with van der Waals surface area (Å²) in [6.07, 6.45) is 0. The molecule has 100 valence electrons. The average Bonchev–Trinajstić information content (AvgIpc) is 2.32. The molecule has 0 saturated carbocycles. The Morgan fingerprint density at radius 1 is 1.21 bits per heavy atom. The smallest absolute Gasteiger partial charge is 0.265 e. The molecule has 2 rings (SSSR count). The highest BCUT2D eigenvalue weighted by molar-refractivity contribution is 7.99. The Bertz CT molecular complexity index is 758. The minimum atomic E-state index is -0.892. The van der Waals surface area contributed by atoms with E-state index in [1.165, 1.54) is 17.8 Å². The third kappa shape index (κ3) is 3.11. The van der Waals surface area contributed by atoms with E-state index in [4.69, 9.17) is 34.8 Å². The van der Waals surface area contributed by atoms with Gasteiger partial charge in [-0.15, -0.1) is 0 Å². The molecule has 0 aliphatic carbocycles. The molecule has 6 nitrogen and oxygen atoms in total. The van der Waals surface area contributed by atoms with Crippen molar-refractivity contribution in [3.05, 3.63) is 42.0 Å². The number of aromatic nitrogens is 4. The van der Waals surface area contributed by atoms with E-state index >= 15 is 0 Å². The van der Waals surface area contributed by atoms with Gasteiger partial charge in [-0.1, -0.05) is 34.8 Å². The van der Waals surface area contributed by atoms with Gasteiger partial charge >= 0.3 is 11.1 Å². The van der Waals surface area contributed by atoms with Crippen LogP contribution in [0.1, 0.15) is 0 Å². The Morgan fingerprint density at radius 3 is 2.58 bits per heavy atom. The van der Waals surface area contributed by atoms with Crippen molar-refractivity contribution in [2.75, 3.05) is 0 Å². The molecule has 0 aromatic carbocycles. The fraction of sp³-hybridized carbons (Fsp3) is 0.111.